The largest absolute Gasteiger partial charge is 0.453 e. The molecular formula is C42H47N7O7. The second kappa shape index (κ2) is 17.9. The monoisotopic (exact) mass is 761 g/mol. The molecule has 0 saturated carbocycles. The molecule has 2 aliphatic rings. The number of carbonyl (C=O) groups is 5. The molecule has 4 N–H and O–H groups in total. The number of aromatic nitrogens is 2. The van der Waals surface area contributed by atoms with Gasteiger partial charge in [-0.3, -0.25) is 14.4 Å². The van der Waals surface area contributed by atoms with Crippen molar-refractivity contribution in [3.63, 3.8) is 0 Å². The molecule has 56 heavy (non-hydrogen) atoms. The van der Waals surface area contributed by atoms with Gasteiger partial charge in [0.05, 0.1) is 31.3 Å². The summed E-state index contributed by atoms with van der Waals surface area (Å²) in [7, 11) is 2.53. The number of carbonyl (C=O) groups excluding carboxylic acids is 5. The molecule has 3 heterocycles. The minimum Gasteiger partial charge on any atom is -0.453 e. The number of hydrogen-bond donors (Lipinski definition) is 4. The molecule has 4 atom stereocenters. The number of amides is 5. The van der Waals surface area contributed by atoms with E-state index in [-0.39, 0.29) is 42.3 Å². The number of nitrogens with zero attached hydrogens (tertiary/aromatic N) is 3. The van der Waals surface area contributed by atoms with E-state index in [1.54, 1.807) is 58.3 Å². The zero-order valence-electron chi connectivity index (χ0n) is 32.0. The Morgan fingerprint density at radius 3 is 2.20 bits per heavy atom. The average Bonchev–Trinajstić information content (AvgIpc) is 4.00. The van der Waals surface area contributed by atoms with E-state index in [0.29, 0.717) is 30.0 Å². The van der Waals surface area contributed by atoms with Crippen LogP contribution in [0.4, 0.5) is 9.59 Å². The summed E-state index contributed by atoms with van der Waals surface area (Å²) in [5.41, 5.74) is 4.16. The van der Waals surface area contributed by atoms with Gasteiger partial charge in [-0.25, -0.2) is 14.6 Å². The van der Waals surface area contributed by atoms with E-state index >= 15 is 0 Å². The predicted octanol–water partition coefficient (Wildman–Crippen LogP) is 4.82. The van der Waals surface area contributed by atoms with Gasteiger partial charge in [-0.1, -0.05) is 56.0 Å². The summed E-state index contributed by atoms with van der Waals surface area (Å²) in [6.45, 7) is 5.12. The van der Waals surface area contributed by atoms with Crippen molar-refractivity contribution in [3.8, 4) is 11.8 Å². The Labute approximate surface area is 325 Å². The number of benzene rings is 3. The van der Waals surface area contributed by atoms with E-state index in [2.05, 4.69) is 32.8 Å². The predicted molar refractivity (Wildman–Crippen MR) is 208 cm³/mol. The Bertz CT molecular complexity index is 2120. The third-order valence-corrected chi connectivity index (χ3v) is 10.2. The number of aromatic amines is 1. The summed E-state index contributed by atoms with van der Waals surface area (Å²) in [5.74, 6) is 6.21. The van der Waals surface area contributed by atoms with E-state index in [1.165, 1.54) is 14.2 Å². The van der Waals surface area contributed by atoms with Crippen LogP contribution in [0.1, 0.15) is 84.5 Å². The van der Waals surface area contributed by atoms with Gasteiger partial charge in [0.2, 0.25) is 11.8 Å². The summed E-state index contributed by atoms with van der Waals surface area (Å²) in [6.07, 6.45) is 1.73. The first kappa shape index (κ1) is 39.3. The lowest BCUT2D eigenvalue weighted by molar-refractivity contribution is -0.135. The number of alkyl carbamates (subject to hydrolysis) is 2. The second-order valence-electron chi connectivity index (χ2n) is 14.2. The third-order valence-electron chi connectivity index (χ3n) is 10.2. The fraction of sp³-hybridized carbons (Fsp3) is 0.381. The van der Waals surface area contributed by atoms with Crippen LogP contribution in [-0.4, -0.2) is 95.6 Å². The van der Waals surface area contributed by atoms with Crippen molar-refractivity contribution in [2.24, 2.45) is 5.92 Å². The smallest absolute Gasteiger partial charge is 0.407 e. The van der Waals surface area contributed by atoms with Crippen LogP contribution in [0.15, 0.2) is 72.8 Å². The molecule has 2 aliphatic heterocycles. The van der Waals surface area contributed by atoms with Crippen molar-refractivity contribution >= 4 is 40.9 Å². The van der Waals surface area contributed by atoms with E-state index in [4.69, 9.17) is 14.5 Å². The van der Waals surface area contributed by atoms with E-state index in [1.807, 2.05) is 38.1 Å². The Hall–Kier alpha value is -6.36. The molecule has 292 valence electrons. The summed E-state index contributed by atoms with van der Waals surface area (Å²) < 4.78 is 9.51. The molecule has 5 amide bonds. The maximum Gasteiger partial charge on any atom is 0.407 e. The van der Waals surface area contributed by atoms with Crippen molar-refractivity contribution in [1.29, 1.82) is 0 Å². The van der Waals surface area contributed by atoms with Crippen molar-refractivity contribution in [1.82, 2.24) is 35.7 Å². The van der Waals surface area contributed by atoms with E-state index in [0.717, 1.165) is 47.8 Å². The molecule has 0 bridgehead atoms. The quantitative estimate of drug-likeness (QED) is 0.166. The molecule has 14 nitrogen and oxygen atoms in total. The number of hydrogen-bond acceptors (Lipinski definition) is 8. The van der Waals surface area contributed by atoms with Crippen molar-refractivity contribution < 1.29 is 33.4 Å². The van der Waals surface area contributed by atoms with Crippen molar-refractivity contribution in [2.75, 3.05) is 33.9 Å². The summed E-state index contributed by atoms with van der Waals surface area (Å²) in [5, 5.41) is 8.30. The number of H-pyrrole nitrogens is 1. The third kappa shape index (κ3) is 9.11. The first-order valence-corrected chi connectivity index (χ1v) is 18.8. The number of imidazole rings is 1. The zero-order chi connectivity index (χ0) is 39.8. The van der Waals surface area contributed by atoms with Gasteiger partial charge in [0.25, 0.3) is 5.91 Å². The minimum atomic E-state index is -0.908. The van der Waals surface area contributed by atoms with E-state index < -0.39 is 24.3 Å². The van der Waals surface area contributed by atoms with E-state index in [9.17, 15) is 24.0 Å². The molecule has 14 heteroatoms. The number of methoxy groups -OCH3 is 2. The first-order chi connectivity index (χ1) is 27.1. The highest BCUT2D eigenvalue weighted by Gasteiger charge is 2.38. The number of ether oxygens (including phenoxy) is 2. The molecule has 6 rings (SSSR count). The Morgan fingerprint density at radius 1 is 0.821 bits per heavy atom. The highest BCUT2D eigenvalue weighted by molar-refractivity contribution is 5.94. The molecule has 4 aromatic rings. The molecule has 0 spiro atoms. The molecule has 0 unspecified atom stereocenters. The molecule has 3 aromatic carbocycles. The number of likely N-dealkylation sites (tertiary alicyclic amines) is 2. The zero-order valence-corrected chi connectivity index (χ0v) is 32.0. The summed E-state index contributed by atoms with van der Waals surface area (Å²) >= 11 is 0. The van der Waals surface area contributed by atoms with Crippen LogP contribution in [0.3, 0.4) is 0 Å². The lowest BCUT2D eigenvalue weighted by Crippen LogP contribution is -2.51. The normalized spacial score (nSPS) is 17.4. The number of nitrogens with one attached hydrogen (secondary N) is 4. The van der Waals surface area contributed by atoms with Crippen LogP contribution in [0.2, 0.25) is 0 Å². The van der Waals surface area contributed by atoms with Crippen molar-refractivity contribution in [3.05, 3.63) is 101 Å². The molecule has 0 radical (unpaired) electrons. The fourth-order valence-corrected chi connectivity index (χ4v) is 7.23. The maximum atomic E-state index is 13.7. The number of rotatable bonds is 10. The van der Waals surface area contributed by atoms with Gasteiger partial charge >= 0.3 is 12.2 Å². The van der Waals surface area contributed by atoms with Crippen molar-refractivity contribution in [2.45, 2.75) is 63.7 Å². The Kier molecular flexibility index (Phi) is 12.5. The van der Waals surface area contributed by atoms with Crippen LogP contribution >= 0.6 is 0 Å². The van der Waals surface area contributed by atoms with Gasteiger partial charge in [-0.05, 0) is 79.6 Å². The summed E-state index contributed by atoms with van der Waals surface area (Å²) in [4.78, 5) is 76.0. The van der Waals surface area contributed by atoms with Gasteiger partial charge in [0.1, 0.15) is 17.9 Å². The standard InChI is InChI=1S/C42H47N7O7/c1-26(2)35(46-41(53)55-3)39(51)49-23-9-13-34(49)37-44-32-21-18-28(24-33(32)45-37)15-14-27-16-19-30(20-17-27)38(50)43-25-31-12-8-22-48(31)40(52)36(47-42(54)56-4)29-10-6-5-7-11-29/h5-7,10-11,16-21,24,26,31,34-36H,8-9,12-13,22-23,25H2,1-4H3,(H,43,50)(H,44,45)(H,46,53)(H,47,54)/t31-,34-,35-,36+/m0/s1. The maximum absolute atomic E-state index is 13.7. The fourth-order valence-electron chi connectivity index (χ4n) is 7.23. The lowest BCUT2D eigenvalue weighted by atomic mass is 10.0. The van der Waals surface area contributed by atoms with Crippen LogP contribution in [0, 0.1) is 17.8 Å². The second-order valence-corrected chi connectivity index (χ2v) is 14.2. The van der Waals surface area contributed by atoms with Gasteiger partial charge in [0.15, 0.2) is 0 Å². The topological polar surface area (TPSA) is 175 Å². The minimum absolute atomic E-state index is 0.126. The SMILES string of the molecule is COC(=O)N[C@H](C(=O)N1CCC[C@H]1c1nc2ccc(C#Cc3ccc(C(=O)NC[C@@H]4CCCN4C(=O)[C@H](NC(=O)OC)c4ccccc4)cc3)cc2[nH]1)C(C)C. The molecule has 2 saturated heterocycles. The Balaban J connectivity index is 1.07. The molecular weight excluding hydrogens is 715 g/mol. The lowest BCUT2D eigenvalue weighted by Gasteiger charge is -2.29. The van der Waals surface area contributed by atoms with Crippen LogP contribution in [0.25, 0.3) is 11.0 Å². The first-order valence-electron chi connectivity index (χ1n) is 18.8. The van der Waals surface area contributed by atoms with Gasteiger partial charge in [0, 0.05) is 42.4 Å². The van der Waals surface area contributed by atoms with Crippen LogP contribution in [0.5, 0.6) is 0 Å². The Morgan fingerprint density at radius 2 is 1.48 bits per heavy atom. The molecule has 0 aliphatic carbocycles. The van der Waals surface area contributed by atoms with Gasteiger partial charge in [-0.2, -0.15) is 0 Å². The van der Waals surface area contributed by atoms with Crippen LogP contribution < -0.4 is 16.0 Å². The average molecular weight is 762 g/mol. The van der Waals surface area contributed by atoms with Gasteiger partial charge in [-0.15, -0.1) is 0 Å². The van der Waals surface area contributed by atoms with Crippen LogP contribution in [-0.2, 0) is 19.1 Å². The highest BCUT2D eigenvalue weighted by atomic mass is 16.5. The summed E-state index contributed by atoms with van der Waals surface area (Å²) in [6, 6.07) is 19.6. The molecule has 2 fully saturated rings. The highest BCUT2D eigenvalue weighted by Crippen LogP contribution is 2.33. The number of fused-ring (bicyclic) bond motifs is 1. The molecule has 1 aromatic heterocycles. The van der Waals surface area contributed by atoms with Gasteiger partial charge < -0.3 is 40.2 Å².